The number of likely N-dealkylation sites (tertiary alicyclic amines) is 1. The summed E-state index contributed by atoms with van der Waals surface area (Å²) in [5.74, 6) is 0.377. The molecule has 1 aromatic rings. The highest BCUT2D eigenvalue weighted by atomic mass is 16.5. The summed E-state index contributed by atoms with van der Waals surface area (Å²) in [6, 6.07) is 10.9. The van der Waals surface area contributed by atoms with E-state index in [1.807, 2.05) is 0 Å². The Morgan fingerprint density at radius 1 is 1.28 bits per heavy atom. The largest absolute Gasteiger partial charge is 0.375 e. The maximum Gasteiger partial charge on any atom is 0.224 e. The Labute approximate surface area is 151 Å². The number of carbonyl (C=O) groups is 1. The molecule has 2 aliphatic rings. The second kappa shape index (κ2) is 8.33. The topological polar surface area (TPSA) is 41.6 Å². The molecule has 2 aliphatic heterocycles. The molecule has 2 saturated heterocycles. The zero-order valence-corrected chi connectivity index (χ0v) is 15.7. The third-order valence-electron chi connectivity index (χ3n) is 5.48. The SMILES string of the molecule is CC1(C)C[C@H](NC(=O)[C@@H]2CCCN(CCc3ccccc3)C2)CCO1. The number of nitrogens with zero attached hydrogens (tertiary/aromatic N) is 1. The summed E-state index contributed by atoms with van der Waals surface area (Å²) in [5.41, 5.74) is 1.25. The molecule has 2 fully saturated rings. The number of ether oxygens (including phenoxy) is 1. The fourth-order valence-corrected chi connectivity index (χ4v) is 4.08. The van der Waals surface area contributed by atoms with Crippen LogP contribution in [0.4, 0.5) is 0 Å². The molecule has 1 amide bonds. The Morgan fingerprint density at radius 2 is 2.08 bits per heavy atom. The highest BCUT2D eigenvalue weighted by molar-refractivity contribution is 5.79. The van der Waals surface area contributed by atoms with E-state index in [9.17, 15) is 4.79 Å². The van der Waals surface area contributed by atoms with Crippen molar-refractivity contribution in [3.05, 3.63) is 35.9 Å². The van der Waals surface area contributed by atoms with E-state index in [-0.39, 0.29) is 23.5 Å². The van der Waals surface area contributed by atoms with Crippen molar-refractivity contribution in [3.63, 3.8) is 0 Å². The summed E-state index contributed by atoms with van der Waals surface area (Å²) < 4.78 is 5.75. The third-order valence-corrected chi connectivity index (χ3v) is 5.48. The lowest BCUT2D eigenvalue weighted by molar-refractivity contribution is -0.129. The van der Waals surface area contributed by atoms with E-state index < -0.39 is 0 Å². The summed E-state index contributed by atoms with van der Waals surface area (Å²) in [6.07, 6.45) is 5.03. The van der Waals surface area contributed by atoms with E-state index in [4.69, 9.17) is 4.74 Å². The molecule has 25 heavy (non-hydrogen) atoms. The minimum absolute atomic E-state index is 0.121. The molecule has 0 radical (unpaired) electrons. The molecule has 0 saturated carbocycles. The average molecular weight is 344 g/mol. The second-order valence-corrected chi connectivity index (χ2v) is 8.18. The molecule has 0 aromatic heterocycles. The molecule has 0 bridgehead atoms. The van der Waals surface area contributed by atoms with Crippen LogP contribution in [-0.2, 0) is 16.0 Å². The zero-order chi connectivity index (χ0) is 17.7. The number of hydrogen-bond acceptors (Lipinski definition) is 3. The van der Waals surface area contributed by atoms with Crippen LogP contribution in [0.5, 0.6) is 0 Å². The molecule has 4 heteroatoms. The van der Waals surface area contributed by atoms with E-state index in [0.29, 0.717) is 0 Å². The average Bonchev–Trinajstić information content (AvgIpc) is 2.60. The smallest absolute Gasteiger partial charge is 0.224 e. The summed E-state index contributed by atoms with van der Waals surface area (Å²) in [5, 5.41) is 3.29. The van der Waals surface area contributed by atoms with Crippen LogP contribution in [0.1, 0.15) is 45.1 Å². The van der Waals surface area contributed by atoms with Gasteiger partial charge in [0.15, 0.2) is 0 Å². The molecular weight excluding hydrogens is 312 g/mol. The minimum Gasteiger partial charge on any atom is -0.375 e. The zero-order valence-electron chi connectivity index (χ0n) is 15.7. The highest BCUT2D eigenvalue weighted by Crippen LogP contribution is 2.25. The number of carbonyl (C=O) groups excluding carboxylic acids is 1. The van der Waals surface area contributed by atoms with Crippen molar-refractivity contribution >= 4 is 5.91 Å². The first-order valence-corrected chi connectivity index (χ1v) is 9.72. The molecule has 1 N–H and O–H groups in total. The predicted molar refractivity (Wildman–Crippen MR) is 101 cm³/mol. The lowest BCUT2D eigenvalue weighted by Gasteiger charge is -2.37. The van der Waals surface area contributed by atoms with Gasteiger partial charge in [-0.2, -0.15) is 0 Å². The van der Waals surface area contributed by atoms with E-state index in [2.05, 4.69) is 54.4 Å². The van der Waals surface area contributed by atoms with Crippen molar-refractivity contribution in [2.45, 2.75) is 57.6 Å². The quantitative estimate of drug-likeness (QED) is 0.893. The van der Waals surface area contributed by atoms with Crippen molar-refractivity contribution in [2.75, 3.05) is 26.2 Å². The number of rotatable bonds is 5. The van der Waals surface area contributed by atoms with Gasteiger partial charge in [0, 0.05) is 25.7 Å². The number of nitrogens with one attached hydrogen (secondary N) is 1. The standard InChI is InChI=1S/C21H32N2O2/c1-21(2)15-19(11-14-25-21)22-20(24)18-9-6-12-23(16-18)13-10-17-7-4-3-5-8-17/h3-5,7-8,18-19H,6,9-16H2,1-2H3,(H,22,24)/t18-,19-/m1/s1. The van der Waals surface area contributed by atoms with Crippen molar-refractivity contribution in [1.29, 1.82) is 0 Å². The maximum absolute atomic E-state index is 12.7. The summed E-state index contributed by atoms with van der Waals surface area (Å²) >= 11 is 0. The lowest BCUT2D eigenvalue weighted by Crippen LogP contribution is -2.50. The van der Waals surface area contributed by atoms with Crippen molar-refractivity contribution < 1.29 is 9.53 Å². The maximum atomic E-state index is 12.7. The third kappa shape index (κ3) is 5.55. The Balaban J connectivity index is 1.46. The fraction of sp³-hybridized carbons (Fsp3) is 0.667. The van der Waals surface area contributed by atoms with Crippen molar-refractivity contribution in [1.82, 2.24) is 10.2 Å². The van der Waals surface area contributed by atoms with Gasteiger partial charge in [-0.15, -0.1) is 0 Å². The molecule has 4 nitrogen and oxygen atoms in total. The van der Waals surface area contributed by atoms with Crippen LogP contribution in [0.15, 0.2) is 30.3 Å². The number of hydrogen-bond donors (Lipinski definition) is 1. The molecular formula is C21H32N2O2. The van der Waals surface area contributed by atoms with E-state index >= 15 is 0 Å². The van der Waals surface area contributed by atoms with Gasteiger partial charge in [-0.05, 0) is 58.1 Å². The normalized spacial score (nSPS) is 27.0. The fourth-order valence-electron chi connectivity index (χ4n) is 4.08. The lowest BCUT2D eigenvalue weighted by atomic mass is 9.92. The van der Waals surface area contributed by atoms with Crippen LogP contribution in [-0.4, -0.2) is 48.7 Å². The van der Waals surface area contributed by atoms with E-state index in [1.54, 1.807) is 0 Å². The van der Waals surface area contributed by atoms with Crippen molar-refractivity contribution in [2.24, 2.45) is 5.92 Å². The molecule has 2 atom stereocenters. The summed E-state index contributed by atoms with van der Waals surface area (Å²) in [4.78, 5) is 15.2. The molecule has 1 aromatic carbocycles. The molecule has 3 rings (SSSR count). The Morgan fingerprint density at radius 3 is 2.84 bits per heavy atom. The minimum atomic E-state index is -0.121. The number of piperidine rings is 1. The van der Waals surface area contributed by atoms with Gasteiger partial charge in [-0.3, -0.25) is 4.79 Å². The van der Waals surface area contributed by atoms with Gasteiger partial charge in [0.05, 0.1) is 11.5 Å². The number of benzene rings is 1. The van der Waals surface area contributed by atoms with Gasteiger partial charge in [0.25, 0.3) is 0 Å². The van der Waals surface area contributed by atoms with Crippen LogP contribution in [0, 0.1) is 5.92 Å². The van der Waals surface area contributed by atoms with Gasteiger partial charge in [-0.25, -0.2) is 0 Å². The van der Waals surface area contributed by atoms with Crippen LogP contribution in [0.25, 0.3) is 0 Å². The van der Waals surface area contributed by atoms with Gasteiger partial charge < -0.3 is 15.0 Å². The first kappa shape index (κ1) is 18.4. The molecule has 0 spiro atoms. The van der Waals surface area contributed by atoms with Gasteiger partial charge in [0.2, 0.25) is 5.91 Å². The highest BCUT2D eigenvalue weighted by Gasteiger charge is 2.32. The van der Waals surface area contributed by atoms with Crippen molar-refractivity contribution in [3.8, 4) is 0 Å². The van der Waals surface area contributed by atoms with E-state index in [0.717, 1.165) is 58.3 Å². The Kier molecular flexibility index (Phi) is 6.13. The second-order valence-electron chi connectivity index (χ2n) is 8.18. The summed E-state index contributed by atoms with van der Waals surface area (Å²) in [7, 11) is 0. The first-order chi connectivity index (χ1) is 12.0. The summed E-state index contributed by atoms with van der Waals surface area (Å²) in [6.45, 7) is 8.00. The Bertz CT molecular complexity index is 558. The van der Waals surface area contributed by atoms with Gasteiger partial charge in [-0.1, -0.05) is 30.3 Å². The monoisotopic (exact) mass is 344 g/mol. The van der Waals surface area contributed by atoms with Crippen LogP contribution in [0.3, 0.4) is 0 Å². The first-order valence-electron chi connectivity index (χ1n) is 9.72. The van der Waals surface area contributed by atoms with E-state index in [1.165, 1.54) is 5.56 Å². The predicted octanol–water partition coefficient (Wildman–Crippen LogP) is 3.01. The molecule has 138 valence electrons. The Hall–Kier alpha value is -1.39. The molecule has 0 aliphatic carbocycles. The van der Waals surface area contributed by atoms with Crippen LogP contribution >= 0.6 is 0 Å². The van der Waals surface area contributed by atoms with Gasteiger partial charge in [0.1, 0.15) is 0 Å². The number of amides is 1. The molecule has 0 unspecified atom stereocenters. The van der Waals surface area contributed by atoms with Crippen LogP contribution < -0.4 is 5.32 Å². The molecule has 2 heterocycles. The van der Waals surface area contributed by atoms with Gasteiger partial charge >= 0.3 is 0 Å². The van der Waals surface area contributed by atoms with Crippen LogP contribution in [0.2, 0.25) is 0 Å².